The van der Waals surface area contributed by atoms with Crippen LogP contribution in [0.4, 0.5) is 0 Å². The number of aryl methyl sites for hydroxylation is 1. The van der Waals surface area contributed by atoms with Crippen LogP contribution in [0.5, 0.6) is 11.5 Å². The van der Waals surface area contributed by atoms with Crippen LogP contribution in [0, 0.1) is 5.92 Å². The minimum Gasteiger partial charge on any atom is -0.454 e. The number of carbonyl (C=O) groups is 1. The van der Waals surface area contributed by atoms with Crippen molar-refractivity contribution in [2.24, 2.45) is 13.0 Å². The van der Waals surface area contributed by atoms with Gasteiger partial charge < -0.3 is 20.1 Å². The second-order valence-corrected chi connectivity index (χ2v) is 6.22. The fourth-order valence-electron chi connectivity index (χ4n) is 3.31. The summed E-state index contributed by atoms with van der Waals surface area (Å²) in [7, 11) is 1.89. The van der Waals surface area contributed by atoms with Crippen LogP contribution in [0.3, 0.4) is 0 Å². The van der Waals surface area contributed by atoms with Gasteiger partial charge in [0.2, 0.25) is 12.7 Å². The average molecular weight is 328 g/mol. The standard InChI is InChI=1S/C17H20N4O3/c1-21-9-12(6-20-21)13-7-18-8-14(13)17(22)19-5-11-2-3-15-16(4-11)24-10-23-15/h2-4,6,9,13-14,18H,5,7-8,10H2,1H3,(H,19,22)/t13-,14+/m1/s1. The van der Waals surface area contributed by atoms with Gasteiger partial charge >= 0.3 is 0 Å². The topological polar surface area (TPSA) is 77.4 Å². The lowest BCUT2D eigenvalue weighted by molar-refractivity contribution is -0.125. The summed E-state index contributed by atoms with van der Waals surface area (Å²) in [6, 6.07) is 5.73. The molecule has 0 radical (unpaired) electrons. The van der Waals surface area contributed by atoms with E-state index in [9.17, 15) is 4.79 Å². The van der Waals surface area contributed by atoms with E-state index in [1.165, 1.54) is 0 Å². The van der Waals surface area contributed by atoms with Crippen LogP contribution in [0.15, 0.2) is 30.6 Å². The molecule has 4 rings (SSSR count). The van der Waals surface area contributed by atoms with Crippen molar-refractivity contribution in [3.05, 3.63) is 41.7 Å². The van der Waals surface area contributed by atoms with Gasteiger partial charge in [-0.3, -0.25) is 9.48 Å². The number of rotatable bonds is 4. The molecule has 1 saturated heterocycles. The molecule has 0 unspecified atom stereocenters. The second kappa shape index (κ2) is 6.16. The Bertz CT molecular complexity index is 758. The summed E-state index contributed by atoms with van der Waals surface area (Å²) in [5.41, 5.74) is 2.10. The molecule has 2 aromatic rings. The minimum absolute atomic E-state index is 0.0616. The fourth-order valence-corrected chi connectivity index (χ4v) is 3.31. The van der Waals surface area contributed by atoms with Crippen LogP contribution < -0.4 is 20.1 Å². The van der Waals surface area contributed by atoms with Gasteiger partial charge in [-0.25, -0.2) is 0 Å². The predicted octanol–water partition coefficient (Wildman–Crippen LogP) is 0.768. The highest BCUT2D eigenvalue weighted by molar-refractivity contribution is 5.80. The Morgan fingerprint density at radius 1 is 1.38 bits per heavy atom. The maximum atomic E-state index is 12.6. The normalized spacial score (nSPS) is 21.9. The maximum absolute atomic E-state index is 12.6. The number of hydrogen-bond acceptors (Lipinski definition) is 5. The Morgan fingerprint density at radius 2 is 2.25 bits per heavy atom. The van der Waals surface area contributed by atoms with Crippen LogP contribution >= 0.6 is 0 Å². The fraction of sp³-hybridized carbons (Fsp3) is 0.412. The third kappa shape index (κ3) is 2.82. The van der Waals surface area contributed by atoms with Crippen LogP contribution in [0.1, 0.15) is 17.0 Å². The first-order valence-corrected chi connectivity index (χ1v) is 8.06. The van der Waals surface area contributed by atoms with Gasteiger partial charge in [-0.1, -0.05) is 6.07 Å². The van der Waals surface area contributed by atoms with Gasteiger partial charge in [0, 0.05) is 38.8 Å². The van der Waals surface area contributed by atoms with E-state index in [1.54, 1.807) is 4.68 Å². The molecule has 0 aliphatic carbocycles. The minimum atomic E-state index is -0.0804. The number of amides is 1. The highest BCUT2D eigenvalue weighted by Gasteiger charge is 2.34. The van der Waals surface area contributed by atoms with Crippen molar-refractivity contribution >= 4 is 5.91 Å². The van der Waals surface area contributed by atoms with Crippen molar-refractivity contribution in [1.29, 1.82) is 0 Å². The Labute approximate surface area is 139 Å². The Kier molecular flexibility index (Phi) is 3.86. The van der Waals surface area contributed by atoms with Gasteiger partial charge in [0.1, 0.15) is 0 Å². The summed E-state index contributed by atoms with van der Waals surface area (Å²) in [5, 5.41) is 10.6. The first-order valence-electron chi connectivity index (χ1n) is 8.06. The van der Waals surface area contributed by atoms with Crippen LogP contribution in [0.2, 0.25) is 0 Å². The van der Waals surface area contributed by atoms with E-state index >= 15 is 0 Å². The number of nitrogens with zero attached hydrogens (tertiary/aromatic N) is 2. The SMILES string of the molecule is Cn1cc([C@H]2CNC[C@@H]2C(=O)NCc2ccc3c(c2)OCO3)cn1. The summed E-state index contributed by atoms with van der Waals surface area (Å²) < 4.78 is 12.4. The molecule has 7 nitrogen and oxygen atoms in total. The molecule has 126 valence electrons. The molecule has 1 aromatic heterocycles. The molecule has 2 aliphatic rings. The lowest BCUT2D eigenvalue weighted by atomic mass is 9.90. The molecule has 0 spiro atoms. The molecule has 1 aromatic carbocycles. The first-order chi connectivity index (χ1) is 11.7. The van der Waals surface area contributed by atoms with E-state index in [0.717, 1.165) is 29.2 Å². The monoisotopic (exact) mass is 328 g/mol. The first kappa shape index (κ1) is 15.0. The third-order valence-corrected chi connectivity index (χ3v) is 4.61. The number of fused-ring (bicyclic) bond motifs is 1. The predicted molar refractivity (Wildman–Crippen MR) is 86.7 cm³/mol. The number of aromatic nitrogens is 2. The zero-order chi connectivity index (χ0) is 16.5. The Morgan fingerprint density at radius 3 is 3.08 bits per heavy atom. The molecule has 7 heteroatoms. The largest absolute Gasteiger partial charge is 0.454 e. The molecule has 1 amide bonds. The van der Waals surface area contributed by atoms with E-state index in [0.29, 0.717) is 13.1 Å². The van der Waals surface area contributed by atoms with Gasteiger partial charge in [0.25, 0.3) is 0 Å². The van der Waals surface area contributed by atoms with Gasteiger partial charge in [-0.2, -0.15) is 5.10 Å². The summed E-state index contributed by atoms with van der Waals surface area (Å²) in [4.78, 5) is 12.6. The van der Waals surface area contributed by atoms with Crippen molar-refractivity contribution in [2.45, 2.75) is 12.5 Å². The second-order valence-electron chi connectivity index (χ2n) is 6.22. The van der Waals surface area contributed by atoms with Gasteiger partial charge in [0.05, 0.1) is 12.1 Å². The molecule has 24 heavy (non-hydrogen) atoms. The van der Waals surface area contributed by atoms with E-state index in [1.807, 2.05) is 37.6 Å². The molecule has 1 fully saturated rings. The van der Waals surface area contributed by atoms with Gasteiger partial charge in [0.15, 0.2) is 11.5 Å². The molecule has 2 N–H and O–H groups in total. The zero-order valence-electron chi connectivity index (χ0n) is 13.5. The van der Waals surface area contributed by atoms with E-state index in [4.69, 9.17) is 9.47 Å². The van der Waals surface area contributed by atoms with Gasteiger partial charge in [-0.05, 0) is 23.3 Å². The molecular formula is C17H20N4O3. The van der Waals surface area contributed by atoms with Crippen LogP contribution in [-0.4, -0.2) is 35.6 Å². The molecule has 2 atom stereocenters. The summed E-state index contributed by atoms with van der Waals surface area (Å²) in [5.74, 6) is 1.63. The average Bonchev–Trinajstić information content (AvgIpc) is 3.31. The van der Waals surface area contributed by atoms with Gasteiger partial charge in [-0.15, -0.1) is 0 Å². The Hall–Kier alpha value is -2.54. The van der Waals surface area contributed by atoms with Crippen molar-refractivity contribution in [3.8, 4) is 11.5 Å². The number of carbonyl (C=O) groups excluding carboxylic acids is 1. The number of hydrogen-bond donors (Lipinski definition) is 2. The number of ether oxygens (including phenoxy) is 2. The van der Waals surface area contributed by atoms with Crippen molar-refractivity contribution < 1.29 is 14.3 Å². The smallest absolute Gasteiger partial charge is 0.231 e. The van der Waals surface area contributed by atoms with Crippen molar-refractivity contribution in [3.63, 3.8) is 0 Å². The number of nitrogens with one attached hydrogen (secondary N) is 2. The molecule has 0 bridgehead atoms. The third-order valence-electron chi connectivity index (χ3n) is 4.61. The zero-order valence-corrected chi connectivity index (χ0v) is 13.5. The molecule has 0 saturated carbocycles. The van der Waals surface area contributed by atoms with Crippen molar-refractivity contribution in [2.75, 3.05) is 19.9 Å². The molecule has 2 aliphatic heterocycles. The van der Waals surface area contributed by atoms with Crippen LogP contribution in [0.25, 0.3) is 0 Å². The summed E-state index contributed by atoms with van der Waals surface area (Å²) >= 11 is 0. The molecular weight excluding hydrogens is 308 g/mol. The van der Waals surface area contributed by atoms with E-state index < -0.39 is 0 Å². The number of benzene rings is 1. The lowest BCUT2D eigenvalue weighted by Crippen LogP contribution is -2.33. The summed E-state index contributed by atoms with van der Waals surface area (Å²) in [6.07, 6.45) is 3.82. The molecule has 3 heterocycles. The summed E-state index contributed by atoms with van der Waals surface area (Å²) in [6.45, 7) is 2.22. The van der Waals surface area contributed by atoms with Crippen LogP contribution in [-0.2, 0) is 18.4 Å². The maximum Gasteiger partial charge on any atom is 0.231 e. The lowest BCUT2D eigenvalue weighted by Gasteiger charge is -2.17. The van der Waals surface area contributed by atoms with E-state index in [2.05, 4.69) is 15.7 Å². The highest BCUT2D eigenvalue weighted by atomic mass is 16.7. The quantitative estimate of drug-likeness (QED) is 0.867. The highest BCUT2D eigenvalue weighted by Crippen LogP contribution is 2.32. The van der Waals surface area contributed by atoms with E-state index in [-0.39, 0.29) is 24.5 Å². The Balaban J connectivity index is 1.40. The van der Waals surface area contributed by atoms with Crippen molar-refractivity contribution in [1.82, 2.24) is 20.4 Å².